The molecule has 0 amide bonds. The minimum atomic E-state index is -0.429. The monoisotopic (exact) mass is 214 g/mol. The summed E-state index contributed by atoms with van der Waals surface area (Å²) in [5, 5.41) is 0.257. The molecule has 0 saturated carbocycles. The highest BCUT2D eigenvalue weighted by atomic mass is 35.5. The molecule has 5 heteroatoms. The highest BCUT2D eigenvalue weighted by molar-refractivity contribution is 6.29. The first kappa shape index (κ1) is 9.27. The van der Waals surface area contributed by atoms with Gasteiger partial charge < -0.3 is 9.30 Å². The van der Waals surface area contributed by atoms with Crippen LogP contribution in [-0.2, 0) is 7.05 Å². The Morgan fingerprint density at radius 2 is 2.21 bits per heavy atom. The molecular weight excluding hydrogens is 207 g/mol. The van der Waals surface area contributed by atoms with Crippen LogP contribution in [0.5, 0.6) is 5.75 Å². The number of fused-ring (bicyclic) bond motifs is 1. The fraction of sp³-hybridized carbons (Fsp3) is 0.222. The molecule has 0 N–H and O–H groups in total. The van der Waals surface area contributed by atoms with E-state index in [1.165, 1.54) is 13.2 Å². The third-order valence-electron chi connectivity index (χ3n) is 2.09. The van der Waals surface area contributed by atoms with Crippen molar-refractivity contribution in [3.63, 3.8) is 0 Å². The molecule has 0 fully saturated rings. The lowest BCUT2D eigenvalue weighted by Crippen LogP contribution is -1.89. The summed E-state index contributed by atoms with van der Waals surface area (Å²) >= 11 is 5.76. The van der Waals surface area contributed by atoms with E-state index in [9.17, 15) is 4.39 Å². The van der Waals surface area contributed by atoms with Gasteiger partial charge in [0.25, 0.3) is 0 Å². The molecule has 0 aliphatic rings. The van der Waals surface area contributed by atoms with Crippen molar-refractivity contribution >= 4 is 22.6 Å². The third kappa shape index (κ3) is 1.23. The number of rotatable bonds is 1. The molecule has 0 radical (unpaired) electrons. The zero-order valence-electron chi connectivity index (χ0n) is 7.71. The Labute approximate surface area is 85.1 Å². The molecule has 0 aliphatic carbocycles. The second-order valence-electron chi connectivity index (χ2n) is 2.92. The minimum absolute atomic E-state index is 0.257. The van der Waals surface area contributed by atoms with Crippen LogP contribution in [0, 0.1) is 5.82 Å². The van der Waals surface area contributed by atoms with E-state index < -0.39 is 5.82 Å². The lowest BCUT2D eigenvalue weighted by Gasteiger charge is -2.01. The molecular formula is C9H8ClFN2O. The second-order valence-corrected chi connectivity index (χ2v) is 3.25. The van der Waals surface area contributed by atoms with Gasteiger partial charge in [-0.05, 0) is 11.6 Å². The molecule has 0 bridgehead atoms. The van der Waals surface area contributed by atoms with Crippen LogP contribution in [0.15, 0.2) is 12.1 Å². The summed E-state index contributed by atoms with van der Waals surface area (Å²) in [6.07, 6.45) is 0. The molecule has 3 nitrogen and oxygen atoms in total. The van der Waals surface area contributed by atoms with Crippen molar-refractivity contribution in [3.05, 3.63) is 23.2 Å². The largest absolute Gasteiger partial charge is 0.497 e. The van der Waals surface area contributed by atoms with Crippen LogP contribution >= 0.6 is 11.6 Å². The molecule has 1 aromatic heterocycles. The maximum absolute atomic E-state index is 13.4. The quantitative estimate of drug-likeness (QED) is 0.729. The first-order valence-corrected chi connectivity index (χ1v) is 4.36. The molecule has 0 atom stereocenters. The number of methoxy groups -OCH3 is 1. The molecule has 1 heterocycles. The number of ether oxygens (including phenoxy) is 1. The van der Waals surface area contributed by atoms with Gasteiger partial charge in [-0.3, -0.25) is 0 Å². The number of halogens is 2. The van der Waals surface area contributed by atoms with Crippen molar-refractivity contribution in [2.24, 2.45) is 7.05 Å². The normalized spacial score (nSPS) is 10.9. The number of benzene rings is 1. The Hall–Kier alpha value is -1.29. The Morgan fingerprint density at radius 1 is 1.50 bits per heavy atom. The van der Waals surface area contributed by atoms with Gasteiger partial charge in [0.05, 0.1) is 12.6 Å². The Bertz CT molecular complexity index is 495. The van der Waals surface area contributed by atoms with E-state index in [0.717, 1.165) is 0 Å². The van der Waals surface area contributed by atoms with Gasteiger partial charge in [-0.2, -0.15) is 0 Å². The zero-order chi connectivity index (χ0) is 10.3. The Morgan fingerprint density at radius 3 is 2.86 bits per heavy atom. The predicted octanol–water partition coefficient (Wildman–Crippen LogP) is 2.37. The molecule has 0 saturated heterocycles. The molecule has 2 aromatic rings. The van der Waals surface area contributed by atoms with Crippen molar-refractivity contribution < 1.29 is 9.13 Å². The summed E-state index contributed by atoms with van der Waals surface area (Å²) in [5.41, 5.74) is 0.880. The minimum Gasteiger partial charge on any atom is -0.497 e. The van der Waals surface area contributed by atoms with E-state index in [-0.39, 0.29) is 10.8 Å². The lowest BCUT2D eigenvalue weighted by atomic mass is 10.3. The van der Waals surface area contributed by atoms with E-state index in [2.05, 4.69) is 4.98 Å². The summed E-state index contributed by atoms with van der Waals surface area (Å²) in [6, 6.07) is 2.98. The smallest absolute Gasteiger partial charge is 0.203 e. The van der Waals surface area contributed by atoms with E-state index in [0.29, 0.717) is 11.3 Å². The molecule has 14 heavy (non-hydrogen) atoms. The number of aromatic nitrogens is 2. The summed E-state index contributed by atoms with van der Waals surface area (Å²) in [4.78, 5) is 3.89. The van der Waals surface area contributed by atoms with Gasteiger partial charge in [0.15, 0.2) is 5.82 Å². The van der Waals surface area contributed by atoms with Crippen LogP contribution in [0.3, 0.4) is 0 Å². The second kappa shape index (κ2) is 3.13. The highest BCUT2D eigenvalue weighted by Gasteiger charge is 2.11. The number of aryl methyl sites for hydroxylation is 1. The predicted molar refractivity (Wildman–Crippen MR) is 52.2 cm³/mol. The number of nitrogens with zero attached hydrogens (tertiary/aromatic N) is 2. The molecule has 0 aliphatic heterocycles. The highest BCUT2D eigenvalue weighted by Crippen LogP contribution is 2.25. The van der Waals surface area contributed by atoms with E-state index in [1.54, 1.807) is 17.7 Å². The van der Waals surface area contributed by atoms with E-state index in [4.69, 9.17) is 16.3 Å². The SMILES string of the molecule is COc1cc(F)c2nc(Cl)n(C)c2c1. The van der Waals surface area contributed by atoms with Gasteiger partial charge in [-0.25, -0.2) is 9.37 Å². The molecule has 74 valence electrons. The number of hydrogen-bond donors (Lipinski definition) is 0. The lowest BCUT2D eigenvalue weighted by molar-refractivity contribution is 0.412. The van der Waals surface area contributed by atoms with E-state index in [1.807, 2.05) is 0 Å². The third-order valence-corrected chi connectivity index (χ3v) is 2.43. The van der Waals surface area contributed by atoms with Gasteiger partial charge in [0, 0.05) is 19.2 Å². The van der Waals surface area contributed by atoms with Gasteiger partial charge in [-0.1, -0.05) is 0 Å². The average molecular weight is 215 g/mol. The fourth-order valence-corrected chi connectivity index (χ4v) is 1.49. The van der Waals surface area contributed by atoms with Crippen LogP contribution in [0.2, 0.25) is 5.28 Å². The van der Waals surface area contributed by atoms with Gasteiger partial charge in [0.2, 0.25) is 5.28 Å². The van der Waals surface area contributed by atoms with Crippen LogP contribution < -0.4 is 4.74 Å². The number of hydrogen-bond acceptors (Lipinski definition) is 2. The van der Waals surface area contributed by atoms with Crippen molar-refractivity contribution in [2.45, 2.75) is 0 Å². The summed E-state index contributed by atoms with van der Waals surface area (Å²) < 4.78 is 20.0. The Kier molecular flexibility index (Phi) is 2.07. The first-order valence-electron chi connectivity index (χ1n) is 3.99. The van der Waals surface area contributed by atoms with Crippen molar-refractivity contribution in [1.82, 2.24) is 9.55 Å². The Balaban J connectivity index is 2.83. The van der Waals surface area contributed by atoms with Crippen LogP contribution in [0.4, 0.5) is 4.39 Å². The van der Waals surface area contributed by atoms with Gasteiger partial charge >= 0.3 is 0 Å². The summed E-state index contributed by atoms with van der Waals surface area (Å²) in [6.45, 7) is 0. The van der Waals surface area contributed by atoms with Crippen molar-refractivity contribution in [2.75, 3.05) is 7.11 Å². The van der Waals surface area contributed by atoms with Gasteiger partial charge in [0.1, 0.15) is 11.3 Å². The molecule has 0 spiro atoms. The topological polar surface area (TPSA) is 27.1 Å². The van der Waals surface area contributed by atoms with Crippen LogP contribution in [0.25, 0.3) is 11.0 Å². The maximum atomic E-state index is 13.4. The number of imidazole rings is 1. The average Bonchev–Trinajstić information content (AvgIpc) is 2.45. The van der Waals surface area contributed by atoms with Crippen LogP contribution in [-0.4, -0.2) is 16.7 Å². The van der Waals surface area contributed by atoms with E-state index >= 15 is 0 Å². The molecule has 0 unspecified atom stereocenters. The maximum Gasteiger partial charge on any atom is 0.203 e. The fourth-order valence-electron chi connectivity index (χ4n) is 1.31. The first-order chi connectivity index (χ1) is 6.63. The zero-order valence-corrected chi connectivity index (χ0v) is 8.47. The van der Waals surface area contributed by atoms with Crippen molar-refractivity contribution in [3.8, 4) is 5.75 Å². The molecule has 1 aromatic carbocycles. The standard InChI is InChI=1S/C9H8ClFN2O/c1-13-7-4-5(14-2)3-6(11)8(7)12-9(13)10/h3-4H,1-2H3. The summed E-state index contributed by atoms with van der Waals surface area (Å²) in [7, 11) is 3.20. The van der Waals surface area contributed by atoms with Crippen LogP contribution in [0.1, 0.15) is 0 Å². The molecule has 2 rings (SSSR count). The van der Waals surface area contributed by atoms with Gasteiger partial charge in [-0.15, -0.1) is 0 Å². The van der Waals surface area contributed by atoms with Crippen molar-refractivity contribution in [1.29, 1.82) is 0 Å². The summed E-state index contributed by atoms with van der Waals surface area (Å²) in [5.74, 6) is 0.0246.